The maximum atomic E-state index is 13.9. The molecule has 0 bridgehead atoms. The van der Waals surface area contributed by atoms with Gasteiger partial charge in [0.25, 0.3) is 5.69 Å². The van der Waals surface area contributed by atoms with E-state index in [0.29, 0.717) is 44.2 Å². The molecule has 3 aromatic carbocycles. The van der Waals surface area contributed by atoms with Crippen molar-refractivity contribution >= 4 is 21.4 Å². The van der Waals surface area contributed by atoms with Crippen molar-refractivity contribution in [2.75, 3.05) is 24.7 Å². The molecule has 188 valence electrons. The van der Waals surface area contributed by atoms with Gasteiger partial charge in [0.15, 0.2) is 11.5 Å². The Labute approximate surface area is 212 Å². The molecule has 0 saturated carbocycles. The molecule has 0 spiro atoms. The predicted molar refractivity (Wildman–Crippen MR) is 133 cm³/mol. The summed E-state index contributed by atoms with van der Waals surface area (Å²) < 4.78 is 45.0. The number of para-hydroxylation sites is 1. The minimum absolute atomic E-state index is 0.0394. The van der Waals surface area contributed by atoms with Gasteiger partial charge in [-0.15, -0.1) is 0 Å². The molecular formula is C26H21N3O7S. The molecule has 0 unspecified atom stereocenters. The number of anilines is 1. The zero-order valence-corrected chi connectivity index (χ0v) is 20.3. The lowest BCUT2D eigenvalue weighted by molar-refractivity contribution is -0.384. The summed E-state index contributed by atoms with van der Waals surface area (Å²) in [6.07, 6.45) is 0.682. The van der Waals surface area contributed by atoms with Crippen LogP contribution in [-0.4, -0.2) is 38.1 Å². The maximum Gasteiger partial charge on any atom is 0.282 e. The van der Waals surface area contributed by atoms with E-state index >= 15 is 0 Å². The van der Waals surface area contributed by atoms with Gasteiger partial charge in [-0.2, -0.15) is 4.98 Å². The molecule has 6 rings (SSSR count). The largest absolute Gasteiger partial charge is 0.486 e. The highest BCUT2D eigenvalue weighted by Crippen LogP contribution is 2.40. The predicted octanol–water partition coefficient (Wildman–Crippen LogP) is 4.42. The number of oxazole rings is 1. The van der Waals surface area contributed by atoms with Gasteiger partial charge >= 0.3 is 0 Å². The van der Waals surface area contributed by atoms with Crippen molar-refractivity contribution in [1.82, 2.24) is 4.98 Å². The first-order valence-corrected chi connectivity index (χ1v) is 13.1. The lowest BCUT2D eigenvalue weighted by Gasteiger charge is -2.28. The van der Waals surface area contributed by atoms with E-state index in [9.17, 15) is 18.5 Å². The highest BCUT2D eigenvalue weighted by molar-refractivity contribution is 7.91. The molecule has 0 amide bonds. The summed E-state index contributed by atoms with van der Waals surface area (Å²) in [6.45, 7) is 1.58. The molecule has 1 aromatic heterocycles. The van der Waals surface area contributed by atoms with E-state index in [1.54, 1.807) is 17.0 Å². The Kier molecular flexibility index (Phi) is 5.56. The molecular weight excluding hydrogens is 498 g/mol. The summed E-state index contributed by atoms with van der Waals surface area (Å²) in [5, 5.41) is 11.4. The molecule has 0 aliphatic carbocycles. The van der Waals surface area contributed by atoms with Crippen molar-refractivity contribution in [1.29, 1.82) is 0 Å². The van der Waals surface area contributed by atoms with Crippen LogP contribution in [0.2, 0.25) is 0 Å². The van der Waals surface area contributed by atoms with E-state index in [4.69, 9.17) is 13.9 Å². The molecule has 3 heterocycles. The number of rotatable bonds is 5. The molecule has 0 N–H and O–H groups in total. The molecule has 0 fully saturated rings. The molecule has 2 aliphatic heterocycles. The summed E-state index contributed by atoms with van der Waals surface area (Å²) in [5.41, 5.74) is 2.07. The van der Waals surface area contributed by atoms with Crippen LogP contribution in [0.4, 0.5) is 11.6 Å². The first-order valence-electron chi connectivity index (χ1n) is 11.6. The van der Waals surface area contributed by atoms with E-state index < -0.39 is 14.8 Å². The van der Waals surface area contributed by atoms with Crippen molar-refractivity contribution < 1.29 is 27.2 Å². The number of sulfone groups is 1. The van der Waals surface area contributed by atoms with Gasteiger partial charge in [-0.3, -0.25) is 10.1 Å². The molecule has 0 saturated heterocycles. The van der Waals surface area contributed by atoms with Crippen LogP contribution in [-0.2, 0) is 22.8 Å². The van der Waals surface area contributed by atoms with Crippen LogP contribution < -0.4 is 14.4 Å². The third kappa shape index (κ3) is 4.06. The molecule has 11 heteroatoms. The van der Waals surface area contributed by atoms with Gasteiger partial charge in [-0.25, -0.2) is 8.42 Å². The number of hydrogen-bond acceptors (Lipinski definition) is 9. The van der Waals surface area contributed by atoms with E-state index in [1.807, 2.05) is 24.3 Å². The second kappa shape index (κ2) is 8.93. The summed E-state index contributed by atoms with van der Waals surface area (Å²) in [4.78, 5) is 17.2. The van der Waals surface area contributed by atoms with Gasteiger partial charge < -0.3 is 18.8 Å². The van der Waals surface area contributed by atoms with Crippen LogP contribution in [0.25, 0.3) is 11.5 Å². The number of nitrogens with zero attached hydrogens (tertiary/aromatic N) is 3. The molecule has 4 aromatic rings. The van der Waals surface area contributed by atoms with Gasteiger partial charge in [0, 0.05) is 25.2 Å². The Hall–Kier alpha value is -4.38. The number of nitro groups is 1. The van der Waals surface area contributed by atoms with Gasteiger partial charge in [0.2, 0.25) is 26.6 Å². The second-order valence-corrected chi connectivity index (χ2v) is 10.5. The Morgan fingerprint density at radius 3 is 2.46 bits per heavy atom. The monoisotopic (exact) mass is 519 g/mol. The number of ether oxygens (including phenoxy) is 2. The van der Waals surface area contributed by atoms with Crippen molar-refractivity contribution in [3.05, 3.63) is 88.0 Å². The van der Waals surface area contributed by atoms with E-state index in [-0.39, 0.29) is 32.9 Å². The summed E-state index contributed by atoms with van der Waals surface area (Å²) in [6, 6.07) is 18.2. The number of fused-ring (bicyclic) bond motifs is 2. The molecule has 37 heavy (non-hydrogen) atoms. The average molecular weight is 520 g/mol. The number of aromatic nitrogens is 1. The Morgan fingerprint density at radius 2 is 1.65 bits per heavy atom. The summed E-state index contributed by atoms with van der Waals surface area (Å²) in [7, 11) is -4.20. The van der Waals surface area contributed by atoms with Gasteiger partial charge in [0.1, 0.15) is 18.8 Å². The van der Waals surface area contributed by atoms with Crippen LogP contribution in [0, 0.1) is 10.1 Å². The van der Waals surface area contributed by atoms with Gasteiger partial charge in [0.05, 0.1) is 9.82 Å². The van der Waals surface area contributed by atoms with Crippen LogP contribution in [0.3, 0.4) is 0 Å². The van der Waals surface area contributed by atoms with Crippen LogP contribution in [0.5, 0.6) is 11.5 Å². The minimum atomic E-state index is -4.20. The highest BCUT2D eigenvalue weighted by atomic mass is 32.2. The SMILES string of the molecule is O=[N+]([O-])c1ccccc1-c1nc(S(=O)(=O)c2ccc3c(c2)OCCO3)c(N2CCc3ccccc3C2)o1. The van der Waals surface area contributed by atoms with Crippen molar-refractivity contribution in [2.45, 2.75) is 22.9 Å². The van der Waals surface area contributed by atoms with E-state index in [2.05, 4.69) is 4.98 Å². The Bertz CT molecular complexity index is 1630. The number of nitro benzene ring substituents is 1. The molecule has 0 atom stereocenters. The zero-order valence-electron chi connectivity index (χ0n) is 19.5. The standard InChI is InChI=1S/C26H21N3O7S/c30-29(31)21-8-4-3-7-20(21)24-27-25(26(36-24)28-12-11-17-5-1-2-6-18(17)16-28)37(32,33)19-9-10-22-23(15-19)35-14-13-34-22/h1-10,15H,11-14,16H2. The summed E-state index contributed by atoms with van der Waals surface area (Å²) in [5.74, 6) is 0.678. The fraction of sp³-hybridized carbons (Fsp3) is 0.192. The first-order chi connectivity index (χ1) is 17.9. The lowest BCUT2D eigenvalue weighted by atomic mass is 10.0. The third-order valence-corrected chi connectivity index (χ3v) is 8.06. The molecule has 10 nitrogen and oxygen atoms in total. The van der Waals surface area contributed by atoms with Gasteiger partial charge in [-0.1, -0.05) is 36.4 Å². The van der Waals surface area contributed by atoms with E-state index in [0.717, 1.165) is 5.56 Å². The normalized spacial score (nSPS) is 14.8. The smallest absolute Gasteiger partial charge is 0.282 e. The molecule has 0 radical (unpaired) electrons. The zero-order chi connectivity index (χ0) is 25.6. The maximum absolute atomic E-state index is 13.9. The minimum Gasteiger partial charge on any atom is -0.486 e. The first kappa shape index (κ1) is 23.0. The fourth-order valence-electron chi connectivity index (χ4n) is 4.57. The topological polar surface area (TPSA) is 125 Å². The lowest BCUT2D eigenvalue weighted by Crippen LogP contribution is -2.31. The van der Waals surface area contributed by atoms with Crippen LogP contribution in [0.15, 0.2) is 81.1 Å². The Balaban J connectivity index is 1.50. The van der Waals surface area contributed by atoms with Crippen molar-refractivity contribution in [3.8, 4) is 23.0 Å². The van der Waals surface area contributed by atoms with Crippen LogP contribution in [0.1, 0.15) is 11.1 Å². The molecule has 2 aliphatic rings. The number of hydrogen-bond donors (Lipinski definition) is 0. The quantitative estimate of drug-likeness (QED) is 0.278. The average Bonchev–Trinajstić information content (AvgIpc) is 3.39. The highest BCUT2D eigenvalue weighted by Gasteiger charge is 2.34. The van der Waals surface area contributed by atoms with Gasteiger partial charge in [-0.05, 0) is 35.7 Å². The Morgan fingerprint density at radius 1 is 0.919 bits per heavy atom. The summed E-state index contributed by atoms with van der Waals surface area (Å²) >= 11 is 0. The van der Waals surface area contributed by atoms with E-state index in [1.165, 1.54) is 35.9 Å². The number of benzene rings is 3. The van der Waals surface area contributed by atoms with Crippen molar-refractivity contribution in [3.63, 3.8) is 0 Å². The second-order valence-electron chi connectivity index (χ2n) is 8.65. The third-order valence-electron chi connectivity index (χ3n) is 6.41. The van der Waals surface area contributed by atoms with Crippen molar-refractivity contribution in [2.24, 2.45) is 0 Å². The van der Waals surface area contributed by atoms with Crippen LogP contribution >= 0.6 is 0 Å². The fourth-order valence-corrected chi connectivity index (χ4v) is 5.91.